The summed E-state index contributed by atoms with van der Waals surface area (Å²) in [6.07, 6.45) is 0. The third kappa shape index (κ3) is 3.26. The summed E-state index contributed by atoms with van der Waals surface area (Å²) in [5.41, 5.74) is 3.61. The van der Waals surface area contributed by atoms with Gasteiger partial charge in [0.25, 0.3) is 5.91 Å². The van der Waals surface area contributed by atoms with Crippen molar-refractivity contribution in [2.75, 3.05) is 0 Å². The molecule has 0 bridgehead atoms. The molecule has 102 valence electrons. The molecule has 0 spiro atoms. The quantitative estimate of drug-likeness (QED) is 0.678. The lowest BCUT2D eigenvalue weighted by Gasteiger charge is -2.03. The lowest BCUT2D eigenvalue weighted by atomic mass is 10.1. The predicted octanol–water partition coefficient (Wildman–Crippen LogP) is 3.12. The van der Waals surface area contributed by atoms with Crippen LogP contribution in [0.15, 0.2) is 53.6 Å². The fraction of sp³-hybridized carbons (Fsp3) is 0.0667. The molecule has 2 aromatic carbocycles. The van der Waals surface area contributed by atoms with Crippen molar-refractivity contribution < 1.29 is 13.6 Å². The third-order valence-electron chi connectivity index (χ3n) is 2.70. The summed E-state index contributed by atoms with van der Waals surface area (Å²) >= 11 is 0. The Morgan fingerprint density at radius 3 is 2.35 bits per heavy atom. The second-order valence-corrected chi connectivity index (χ2v) is 4.13. The molecule has 5 heteroatoms. The monoisotopic (exact) mass is 274 g/mol. The molecular weight excluding hydrogens is 262 g/mol. The van der Waals surface area contributed by atoms with Crippen LogP contribution in [0.4, 0.5) is 8.78 Å². The maximum atomic E-state index is 13.1. The number of nitrogens with one attached hydrogen (secondary N) is 1. The first-order valence-corrected chi connectivity index (χ1v) is 5.93. The Kier molecular flexibility index (Phi) is 4.20. The Balaban J connectivity index is 2.11. The van der Waals surface area contributed by atoms with Gasteiger partial charge in [-0.3, -0.25) is 4.79 Å². The summed E-state index contributed by atoms with van der Waals surface area (Å²) in [5.74, 6) is -2.24. The van der Waals surface area contributed by atoms with Crippen molar-refractivity contribution in [1.29, 1.82) is 0 Å². The summed E-state index contributed by atoms with van der Waals surface area (Å²) in [7, 11) is 0. The molecular formula is C15H12F2N2O. The van der Waals surface area contributed by atoms with Crippen LogP contribution in [0.2, 0.25) is 0 Å². The Hall–Kier alpha value is -2.56. The van der Waals surface area contributed by atoms with Gasteiger partial charge in [0.2, 0.25) is 0 Å². The molecule has 1 amide bonds. The van der Waals surface area contributed by atoms with Crippen LogP contribution in [-0.2, 0) is 0 Å². The van der Waals surface area contributed by atoms with E-state index in [2.05, 4.69) is 10.5 Å². The number of benzene rings is 2. The number of carbonyl (C=O) groups is 1. The summed E-state index contributed by atoms with van der Waals surface area (Å²) in [6, 6.07) is 12.0. The van der Waals surface area contributed by atoms with Gasteiger partial charge in [0.05, 0.1) is 5.71 Å². The number of amides is 1. The van der Waals surface area contributed by atoms with Crippen LogP contribution >= 0.6 is 0 Å². The normalized spacial score (nSPS) is 11.2. The highest BCUT2D eigenvalue weighted by Gasteiger charge is 2.06. The molecule has 0 radical (unpaired) electrons. The van der Waals surface area contributed by atoms with Crippen LogP contribution in [0.25, 0.3) is 0 Å². The first kappa shape index (κ1) is 13.9. The molecule has 3 nitrogen and oxygen atoms in total. The number of rotatable bonds is 3. The molecule has 0 aliphatic rings. The van der Waals surface area contributed by atoms with Crippen molar-refractivity contribution >= 4 is 11.6 Å². The summed E-state index contributed by atoms with van der Waals surface area (Å²) < 4.78 is 25.9. The molecule has 0 heterocycles. The number of hydrogen-bond donors (Lipinski definition) is 1. The highest BCUT2D eigenvalue weighted by Crippen LogP contribution is 2.09. The fourth-order valence-electron chi connectivity index (χ4n) is 1.57. The van der Waals surface area contributed by atoms with Crippen LogP contribution < -0.4 is 5.43 Å². The Morgan fingerprint density at radius 2 is 1.70 bits per heavy atom. The highest BCUT2D eigenvalue weighted by atomic mass is 19.2. The van der Waals surface area contributed by atoms with E-state index < -0.39 is 11.6 Å². The van der Waals surface area contributed by atoms with Gasteiger partial charge in [-0.25, -0.2) is 14.2 Å². The van der Waals surface area contributed by atoms with Gasteiger partial charge in [0, 0.05) is 11.1 Å². The van der Waals surface area contributed by atoms with Gasteiger partial charge >= 0.3 is 0 Å². The lowest BCUT2D eigenvalue weighted by Crippen LogP contribution is -2.19. The van der Waals surface area contributed by atoms with Crippen LogP contribution in [0.5, 0.6) is 0 Å². The minimum atomic E-state index is -0.952. The second-order valence-electron chi connectivity index (χ2n) is 4.13. The predicted molar refractivity (Wildman–Crippen MR) is 72.5 cm³/mol. The fourth-order valence-corrected chi connectivity index (χ4v) is 1.57. The topological polar surface area (TPSA) is 41.5 Å². The first-order valence-electron chi connectivity index (χ1n) is 5.93. The van der Waals surface area contributed by atoms with E-state index in [1.54, 1.807) is 37.3 Å². The zero-order chi connectivity index (χ0) is 14.5. The Morgan fingerprint density at radius 1 is 1.00 bits per heavy atom. The van der Waals surface area contributed by atoms with E-state index in [-0.39, 0.29) is 5.91 Å². The van der Waals surface area contributed by atoms with Crippen molar-refractivity contribution in [1.82, 2.24) is 5.43 Å². The molecule has 0 aliphatic heterocycles. The molecule has 0 aliphatic carbocycles. The van der Waals surface area contributed by atoms with Crippen molar-refractivity contribution in [3.63, 3.8) is 0 Å². The Labute approximate surface area is 114 Å². The van der Waals surface area contributed by atoms with Gasteiger partial charge in [-0.15, -0.1) is 0 Å². The van der Waals surface area contributed by atoms with E-state index in [1.807, 2.05) is 0 Å². The van der Waals surface area contributed by atoms with Gasteiger partial charge in [-0.05, 0) is 37.3 Å². The van der Waals surface area contributed by atoms with Gasteiger partial charge in [0.1, 0.15) is 0 Å². The molecule has 20 heavy (non-hydrogen) atoms. The van der Waals surface area contributed by atoms with Gasteiger partial charge in [0.15, 0.2) is 11.6 Å². The summed E-state index contributed by atoms with van der Waals surface area (Å²) in [6.45, 7) is 1.60. The zero-order valence-corrected chi connectivity index (χ0v) is 10.7. The van der Waals surface area contributed by atoms with E-state index in [4.69, 9.17) is 0 Å². The van der Waals surface area contributed by atoms with Gasteiger partial charge in [-0.2, -0.15) is 5.10 Å². The zero-order valence-electron chi connectivity index (χ0n) is 10.7. The molecule has 1 N–H and O–H groups in total. The van der Waals surface area contributed by atoms with Crippen LogP contribution in [0.3, 0.4) is 0 Å². The van der Waals surface area contributed by atoms with E-state index in [0.717, 1.165) is 12.1 Å². The van der Waals surface area contributed by atoms with E-state index in [0.29, 0.717) is 16.8 Å². The molecule has 0 fully saturated rings. The van der Waals surface area contributed by atoms with Gasteiger partial charge < -0.3 is 0 Å². The third-order valence-corrected chi connectivity index (χ3v) is 2.70. The molecule has 2 rings (SSSR count). The molecule has 0 unspecified atom stereocenters. The van der Waals surface area contributed by atoms with Gasteiger partial charge in [-0.1, -0.05) is 18.2 Å². The maximum Gasteiger partial charge on any atom is 0.271 e. The highest BCUT2D eigenvalue weighted by molar-refractivity contribution is 6.00. The minimum absolute atomic E-state index is 0.368. The summed E-state index contributed by atoms with van der Waals surface area (Å²) in [5, 5.41) is 3.87. The number of carbonyl (C=O) groups excluding carboxylic acids is 1. The smallest absolute Gasteiger partial charge is 0.267 e. The summed E-state index contributed by atoms with van der Waals surface area (Å²) in [4.78, 5) is 11.7. The standard InChI is InChI=1S/C15H12F2N2O/c1-10(12-7-8-13(16)14(17)9-12)18-19-15(20)11-5-3-2-4-6-11/h2-9H,1H3,(H,19,20). The molecule has 0 saturated carbocycles. The Bertz CT molecular complexity index is 654. The second kappa shape index (κ2) is 6.06. The number of hydrogen-bond acceptors (Lipinski definition) is 2. The number of halogens is 2. The SMILES string of the molecule is CC(=NNC(=O)c1ccccc1)c1ccc(F)c(F)c1. The minimum Gasteiger partial charge on any atom is -0.267 e. The van der Waals surface area contributed by atoms with Crippen LogP contribution in [0.1, 0.15) is 22.8 Å². The van der Waals surface area contributed by atoms with Crippen LogP contribution in [-0.4, -0.2) is 11.6 Å². The van der Waals surface area contributed by atoms with Crippen molar-refractivity contribution in [3.05, 3.63) is 71.3 Å². The molecule has 0 atom stereocenters. The van der Waals surface area contributed by atoms with E-state index in [9.17, 15) is 13.6 Å². The lowest BCUT2D eigenvalue weighted by molar-refractivity contribution is 0.0955. The average molecular weight is 274 g/mol. The van der Waals surface area contributed by atoms with E-state index in [1.165, 1.54) is 6.07 Å². The number of nitrogens with zero attached hydrogens (tertiary/aromatic N) is 1. The largest absolute Gasteiger partial charge is 0.271 e. The average Bonchev–Trinajstić information content (AvgIpc) is 2.48. The number of hydrazone groups is 1. The molecule has 0 saturated heterocycles. The van der Waals surface area contributed by atoms with E-state index >= 15 is 0 Å². The molecule has 0 aromatic heterocycles. The van der Waals surface area contributed by atoms with Crippen LogP contribution in [0, 0.1) is 11.6 Å². The maximum absolute atomic E-state index is 13.1. The van der Waals surface area contributed by atoms with Crippen molar-refractivity contribution in [2.24, 2.45) is 5.10 Å². The molecule has 2 aromatic rings. The van der Waals surface area contributed by atoms with Crippen molar-refractivity contribution in [2.45, 2.75) is 6.92 Å². The van der Waals surface area contributed by atoms with Crippen molar-refractivity contribution in [3.8, 4) is 0 Å². The first-order chi connectivity index (χ1) is 9.58.